The van der Waals surface area contributed by atoms with E-state index in [0.29, 0.717) is 19.3 Å². The van der Waals surface area contributed by atoms with Crippen LogP contribution in [0.5, 0.6) is 0 Å². The third-order valence-electron chi connectivity index (χ3n) is 12.5. The second-order valence-corrected chi connectivity index (χ2v) is 19.5. The van der Waals surface area contributed by atoms with Gasteiger partial charge in [0, 0.05) is 19.3 Å². The van der Waals surface area contributed by atoms with Gasteiger partial charge >= 0.3 is 17.9 Å². The van der Waals surface area contributed by atoms with Gasteiger partial charge in [-0.25, -0.2) is 0 Å². The lowest BCUT2D eigenvalue weighted by atomic mass is 10.1. The number of rotatable bonds is 53. The Morgan fingerprint density at radius 2 is 0.534 bits per heavy atom. The first-order valence-electron chi connectivity index (χ1n) is 30.0. The standard InChI is InChI=1S/C67H110O6/c1-4-7-10-13-15-17-19-21-23-25-27-28-29-30-31-32-33-34-35-36-37-38-40-41-43-45-47-49-51-54-57-60-66(69)72-63-64(62-71-65(68)59-56-53-12-9-6-3)73-67(70)61-58-55-52-50-48-46-44-42-39-26-24-22-20-18-16-14-11-8-5-2/h7,10,15,17,21-24,27-28,30-31,33-34,36-37,40-41,45,47,64H,4-6,8-9,11-14,16,18-20,25-26,29,32,35,38-39,42-44,46,48-63H2,1-3H3/b10-7-,17-15-,23-21-,24-22-,28-27-,31-30-,34-33-,37-36-,41-40-,47-45-. The third kappa shape index (κ3) is 58.6. The fourth-order valence-corrected chi connectivity index (χ4v) is 7.96. The summed E-state index contributed by atoms with van der Waals surface area (Å²) in [4.78, 5) is 37.8. The van der Waals surface area contributed by atoms with Crippen LogP contribution in [0.3, 0.4) is 0 Å². The summed E-state index contributed by atoms with van der Waals surface area (Å²) >= 11 is 0. The van der Waals surface area contributed by atoms with E-state index in [2.05, 4.69) is 142 Å². The fraction of sp³-hybridized carbons (Fsp3) is 0.657. The SMILES string of the molecule is CC/C=C\C/C=C\C/C=C\C/C=C\C/C=C\C/C=C\C/C=C\C/C=C\C/C=C\CCCCCC(=O)OCC(COC(=O)CCCCCCC)OC(=O)CCCCCCCCCCC/C=C\CCCCCCCC. The van der Waals surface area contributed by atoms with Crippen LogP contribution in [0, 0.1) is 0 Å². The maximum absolute atomic E-state index is 12.8. The molecule has 0 N–H and O–H groups in total. The normalized spacial score (nSPS) is 13.0. The number of hydrogen-bond acceptors (Lipinski definition) is 6. The average Bonchev–Trinajstić information content (AvgIpc) is 3.39. The van der Waals surface area contributed by atoms with Gasteiger partial charge in [0.2, 0.25) is 0 Å². The average molecular weight is 1010 g/mol. The largest absolute Gasteiger partial charge is 0.462 e. The molecule has 0 rings (SSSR count). The van der Waals surface area contributed by atoms with E-state index in [1.807, 2.05) is 0 Å². The number of carbonyl (C=O) groups excluding carboxylic acids is 3. The van der Waals surface area contributed by atoms with Crippen LogP contribution >= 0.6 is 0 Å². The van der Waals surface area contributed by atoms with Gasteiger partial charge in [0.25, 0.3) is 0 Å². The molecule has 1 atom stereocenters. The summed E-state index contributed by atoms with van der Waals surface area (Å²) in [6.07, 6.45) is 83.8. The van der Waals surface area contributed by atoms with Crippen molar-refractivity contribution in [1.82, 2.24) is 0 Å². The maximum Gasteiger partial charge on any atom is 0.306 e. The van der Waals surface area contributed by atoms with Gasteiger partial charge in [-0.3, -0.25) is 14.4 Å². The summed E-state index contributed by atoms with van der Waals surface area (Å²) in [6, 6.07) is 0. The zero-order valence-electron chi connectivity index (χ0n) is 47.4. The van der Waals surface area contributed by atoms with Crippen molar-refractivity contribution in [1.29, 1.82) is 0 Å². The molecule has 6 nitrogen and oxygen atoms in total. The van der Waals surface area contributed by atoms with Crippen LogP contribution in [0.4, 0.5) is 0 Å². The van der Waals surface area contributed by atoms with E-state index < -0.39 is 6.10 Å². The minimum Gasteiger partial charge on any atom is -0.462 e. The van der Waals surface area contributed by atoms with Gasteiger partial charge < -0.3 is 14.2 Å². The van der Waals surface area contributed by atoms with Crippen LogP contribution in [-0.2, 0) is 28.6 Å². The quantitative estimate of drug-likeness (QED) is 0.0261. The highest BCUT2D eigenvalue weighted by Crippen LogP contribution is 2.14. The molecule has 73 heavy (non-hydrogen) atoms. The van der Waals surface area contributed by atoms with Gasteiger partial charge in [-0.05, 0) is 116 Å². The van der Waals surface area contributed by atoms with E-state index in [0.717, 1.165) is 135 Å². The second kappa shape index (κ2) is 60.4. The minimum atomic E-state index is -0.792. The molecule has 0 aliphatic heterocycles. The van der Waals surface area contributed by atoms with E-state index in [9.17, 15) is 14.4 Å². The molecular formula is C67H110O6. The first-order valence-corrected chi connectivity index (χ1v) is 30.0. The van der Waals surface area contributed by atoms with Crippen LogP contribution < -0.4 is 0 Å². The molecule has 0 spiro atoms. The number of carbonyl (C=O) groups is 3. The summed E-state index contributed by atoms with van der Waals surface area (Å²) in [5, 5.41) is 0. The Hall–Kier alpha value is -4.19. The molecule has 0 bridgehead atoms. The summed E-state index contributed by atoms with van der Waals surface area (Å²) in [5.41, 5.74) is 0. The van der Waals surface area contributed by atoms with Crippen LogP contribution in [0.15, 0.2) is 122 Å². The highest BCUT2D eigenvalue weighted by molar-refractivity contribution is 5.71. The third-order valence-corrected chi connectivity index (χ3v) is 12.5. The Kier molecular flexibility index (Phi) is 56.9. The Labute approximate surface area is 450 Å². The molecule has 0 saturated carbocycles. The molecule has 0 fully saturated rings. The number of esters is 3. The van der Waals surface area contributed by atoms with Crippen molar-refractivity contribution in [3.8, 4) is 0 Å². The molecular weight excluding hydrogens is 901 g/mol. The van der Waals surface area contributed by atoms with Gasteiger partial charge in [-0.15, -0.1) is 0 Å². The summed E-state index contributed by atoms with van der Waals surface area (Å²) in [6.45, 7) is 6.41. The fourth-order valence-electron chi connectivity index (χ4n) is 7.96. The molecule has 0 aromatic rings. The predicted octanol–water partition coefficient (Wildman–Crippen LogP) is 20.4. The monoisotopic (exact) mass is 1010 g/mol. The molecule has 1 unspecified atom stereocenters. The van der Waals surface area contributed by atoms with E-state index in [1.54, 1.807) is 0 Å². The molecule has 0 amide bonds. The van der Waals surface area contributed by atoms with Gasteiger partial charge in [-0.1, -0.05) is 251 Å². The number of ether oxygens (including phenoxy) is 3. The molecule has 6 heteroatoms. The van der Waals surface area contributed by atoms with Crippen molar-refractivity contribution in [3.63, 3.8) is 0 Å². The van der Waals surface area contributed by atoms with E-state index in [-0.39, 0.29) is 31.1 Å². The molecule has 0 radical (unpaired) electrons. The maximum atomic E-state index is 12.8. The zero-order valence-corrected chi connectivity index (χ0v) is 47.4. The summed E-state index contributed by atoms with van der Waals surface area (Å²) < 4.78 is 16.7. The number of hydrogen-bond donors (Lipinski definition) is 0. The van der Waals surface area contributed by atoms with Crippen LogP contribution in [0.1, 0.15) is 265 Å². The van der Waals surface area contributed by atoms with Crippen molar-refractivity contribution in [2.45, 2.75) is 271 Å². The van der Waals surface area contributed by atoms with E-state index in [4.69, 9.17) is 14.2 Å². The van der Waals surface area contributed by atoms with Crippen LogP contribution in [0.2, 0.25) is 0 Å². The molecule has 0 aliphatic rings. The lowest BCUT2D eigenvalue weighted by Gasteiger charge is -2.18. The smallest absolute Gasteiger partial charge is 0.306 e. The van der Waals surface area contributed by atoms with Gasteiger partial charge in [0.05, 0.1) is 0 Å². The van der Waals surface area contributed by atoms with Crippen molar-refractivity contribution >= 4 is 17.9 Å². The predicted molar refractivity (Wildman–Crippen MR) is 316 cm³/mol. The van der Waals surface area contributed by atoms with E-state index >= 15 is 0 Å². The van der Waals surface area contributed by atoms with Gasteiger partial charge in [0.1, 0.15) is 13.2 Å². The van der Waals surface area contributed by atoms with Crippen LogP contribution in [0.25, 0.3) is 0 Å². The summed E-state index contributed by atoms with van der Waals surface area (Å²) in [7, 11) is 0. The van der Waals surface area contributed by atoms with Crippen molar-refractivity contribution < 1.29 is 28.6 Å². The first kappa shape index (κ1) is 68.8. The van der Waals surface area contributed by atoms with Crippen molar-refractivity contribution in [3.05, 3.63) is 122 Å². The first-order chi connectivity index (χ1) is 36.0. The highest BCUT2D eigenvalue weighted by atomic mass is 16.6. The summed E-state index contributed by atoms with van der Waals surface area (Å²) in [5.74, 6) is -0.943. The molecule has 0 aromatic carbocycles. The zero-order chi connectivity index (χ0) is 52.9. The topological polar surface area (TPSA) is 78.9 Å². The Bertz CT molecular complexity index is 1540. The van der Waals surface area contributed by atoms with Crippen LogP contribution in [-0.4, -0.2) is 37.2 Å². The molecule has 414 valence electrons. The molecule has 0 saturated heterocycles. The van der Waals surface area contributed by atoms with E-state index in [1.165, 1.54) is 89.9 Å². The molecule has 0 heterocycles. The Balaban J connectivity index is 4.18. The van der Waals surface area contributed by atoms with Gasteiger partial charge in [-0.2, -0.15) is 0 Å². The van der Waals surface area contributed by atoms with Crippen molar-refractivity contribution in [2.75, 3.05) is 13.2 Å². The number of allylic oxidation sites excluding steroid dienone is 20. The molecule has 0 aliphatic carbocycles. The van der Waals surface area contributed by atoms with Crippen molar-refractivity contribution in [2.24, 2.45) is 0 Å². The highest BCUT2D eigenvalue weighted by Gasteiger charge is 2.19. The molecule has 0 aromatic heterocycles. The lowest BCUT2D eigenvalue weighted by Crippen LogP contribution is -2.30. The number of unbranched alkanes of at least 4 members (excludes halogenated alkanes) is 22. The minimum absolute atomic E-state index is 0.0917. The second-order valence-electron chi connectivity index (χ2n) is 19.5. The Morgan fingerprint density at radius 1 is 0.288 bits per heavy atom. The lowest BCUT2D eigenvalue weighted by molar-refractivity contribution is -0.167. The van der Waals surface area contributed by atoms with Gasteiger partial charge in [0.15, 0.2) is 6.10 Å². The Morgan fingerprint density at radius 3 is 0.863 bits per heavy atom.